The molecular formula is C19H24F2N4O. The summed E-state index contributed by atoms with van der Waals surface area (Å²) in [5, 5.41) is 9.43. The minimum absolute atomic E-state index is 0.00552. The standard InChI is InChI=1S/C19H24F2N4O/c1-13-11-14(2)23-17(16(13)12-22)24-7-3-15(4-8-24)18(26)25-9-5-19(20,21)6-10-25/h11,15H,3-10H2,1-2H3. The number of hydrogen-bond acceptors (Lipinski definition) is 4. The van der Waals surface area contributed by atoms with Crippen LogP contribution in [0.4, 0.5) is 14.6 Å². The molecule has 0 N–H and O–H groups in total. The second kappa shape index (κ2) is 7.18. The molecular weight excluding hydrogens is 338 g/mol. The van der Waals surface area contributed by atoms with Gasteiger partial charge in [-0.3, -0.25) is 4.79 Å². The summed E-state index contributed by atoms with van der Waals surface area (Å²) in [6.45, 7) is 5.38. The maximum absolute atomic E-state index is 13.3. The summed E-state index contributed by atoms with van der Waals surface area (Å²) < 4.78 is 26.6. The van der Waals surface area contributed by atoms with Crippen LogP contribution >= 0.6 is 0 Å². The fourth-order valence-electron chi connectivity index (χ4n) is 3.83. The topological polar surface area (TPSA) is 60.2 Å². The van der Waals surface area contributed by atoms with Crippen LogP contribution in [-0.2, 0) is 4.79 Å². The Morgan fingerprint density at radius 1 is 1.23 bits per heavy atom. The quantitative estimate of drug-likeness (QED) is 0.811. The van der Waals surface area contributed by atoms with E-state index in [1.807, 2.05) is 19.9 Å². The molecule has 3 heterocycles. The van der Waals surface area contributed by atoms with Crippen molar-refractivity contribution in [3.8, 4) is 6.07 Å². The van der Waals surface area contributed by atoms with Gasteiger partial charge in [0.2, 0.25) is 5.91 Å². The van der Waals surface area contributed by atoms with Crippen LogP contribution in [0.25, 0.3) is 0 Å². The Morgan fingerprint density at radius 2 is 1.85 bits per heavy atom. The highest BCUT2D eigenvalue weighted by molar-refractivity contribution is 5.79. The predicted molar refractivity (Wildman–Crippen MR) is 94.1 cm³/mol. The Morgan fingerprint density at radius 3 is 2.42 bits per heavy atom. The first-order valence-electron chi connectivity index (χ1n) is 9.10. The van der Waals surface area contributed by atoms with Gasteiger partial charge < -0.3 is 9.80 Å². The Bertz CT molecular complexity index is 726. The van der Waals surface area contributed by atoms with Gasteiger partial charge in [0.1, 0.15) is 11.9 Å². The molecule has 0 aromatic carbocycles. The van der Waals surface area contributed by atoms with Gasteiger partial charge in [-0.1, -0.05) is 0 Å². The summed E-state index contributed by atoms with van der Waals surface area (Å²) in [7, 11) is 0. The van der Waals surface area contributed by atoms with E-state index >= 15 is 0 Å². The van der Waals surface area contributed by atoms with E-state index in [1.165, 1.54) is 0 Å². The number of aryl methyl sites for hydroxylation is 2. The van der Waals surface area contributed by atoms with E-state index in [0.717, 1.165) is 11.3 Å². The summed E-state index contributed by atoms with van der Waals surface area (Å²) in [6.07, 6.45) is 0.835. The zero-order valence-corrected chi connectivity index (χ0v) is 15.3. The van der Waals surface area contributed by atoms with E-state index in [9.17, 15) is 18.8 Å². The lowest BCUT2D eigenvalue weighted by Gasteiger charge is -2.37. The smallest absolute Gasteiger partial charge is 0.251 e. The molecule has 2 fully saturated rings. The van der Waals surface area contributed by atoms with E-state index in [0.29, 0.717) is 37.3 Å². The van der Waals surface area contributed by atoms with Crippen LogP contribution in [0.15, 0.2) is 6.07 Å². The van der Waals surface area contributed by atoms with E-state index in [1.54, 1.807) is 4.90 Å². The second-order valence-corrected chi connectivity index (χ2v) is 7.33. The lowest BCUT2D eigenvalue weighted by Crippen LogP contribution is -2.47. The molecule has 0 spiro atoms. The fourth-order valence-corrected chi connectivity index (χ4v) is 3.83. The first-order valence-corrected chi connectivity index (χ1v) is 9.10. The first kappa shape index (κ1) is 18.6. The van der Waals surface area contributed by atoms with Gasteiger partial charge in [-0.25, -0.2) is 13.8 Å². The van der Waals surface area contributed by atoms with Crippen LogP contribution in [0.1, 0.15) is 42.5 Å². The Hall–Kier alpha value is -2.23. The number of pyridine rings is 1. The molecule has 1 amide bonds. The predicted octanol–water partition coefficient (Wildman–Crippen LogP) is 3.04. The number of anilines is 1. The van der Waals surface area contributed by atoms with Crippen molar-refractivity contribution in [2.45, 2.75) is 45.5 Å². The molecule has 2 aliphatic heterocycles. The lowest BCUT2D eigenvalue weighted by molar-refractivity contribution is -0.142. The van der Waals surface area contributed by atoms with Crippen molar-refractivity contribution in [3.05, 3.63) is 22.9 Å². The van der Waals surface area contributed by atoms with Crippen LogP contribution in [0.5, 0.6) is 0 Å². The number of alkyl halides is 2. The van der Waals surface area contributed by atoms with Crippen molar-refractivity contribution in [3.63, 3.8) is 0 Å². The molecule has 7 heteroatoms. The summed E-state index contributed by atoms with van der Waals surface area (Å²) >= 11 is 0. The number of aromatic nitrogens is 1. The number of hydrogen-bond donors (Lipinski definition) is 0. The fraction of sp³-hybridized carbons (Fsp3) is 0.632. The highest BCUT2D eigenvalue weighted by Gasteiger charge is 2.38. The maximum atomic E-state index is 13.3. The molecule has 1 aromatic rings. The molecule has 0 atom stereocenters. The van der Waals surface area contributed by atoms with Gasteiger partial charge in [0.05, 0.1) is 5.56 Å². The van der Waals surface area contributed by atoms with Crippen molar-refractivity contribution < 1.29 is 13.6 Å². The number of nitriles is 1. The molecule has 5 nitrogen and oxygen atoms in total. The molecule has 3 rings (SSSR count). The number of piperidine rings is 2. The maximum Gasteiger partial charge on any atom is 0.251 e. The summed E-state index contributed by atoms with van der Waals surface area (Å²) in [5.74, 6) is -2.08. The van der Waals surface area contributed by atoms with Crippen LogP contribution < -0.4 is 4.90 Å². The zero-order valence-electron chi connectivity index (χ0n) is 15.3. The van der Waals surface area contributed by atoms with Crippen LogP contribution in [-0.4, -0.2) is 47.9 Å². The molecule has 2 saturated heterocycles. The largest absolute Gasteiger partial charge is 0.355 e. The molecule has 0 bridgehead atoms. The molecule has 0 aliphatic carbocycles. The van der Waals surface area contributed by atoms with Gasteiger partial charge in [0, 0.05) is 50.6 Å². The third-order valence-corrected chi connectivity index (χ3v) is 5.39. The van der Waals surface area contributed by atoms with Crippen molar-refractivity contribution in [1.82, 2.24) is 9.88 Å². The number of nitrogens with zero attached hydrogens (tertiary/aromatic N) is 4. The van der Waals surface area contributed by atoms with Crippen molar-refractivity contribution in [1.29, 1.82) is 5.26 Å². The molecule has 140 valence electrons. The average molecular weight is 362 g/mol. The van der Waals surface area contributed by atoms with E-state index in [4.69, 9.17) is 0 Å². The van der Waals surface area contributed by atoms with Gasteiger partial charge in [-0.05, 0) is 38.3 Å². The molecule has 1 aromatic heterocycles. The summed E-state index contributed by atoms with van der Waals surface area (Å²) in [5.41, 5.74) is 2.35. The SMILES string of the molecule is Cc1cc(C)c(C#N)c(N2CCC(C(=O)N3CCC(F)(F)CC3)CC2)n1. The number of halogens is 2. The first-order chi connectivity index (χ1) is 12.3. The molecule has 0 radical (unpaired) electrons. The minimum Gasteiger partial charge on any atom is -0.355 e. The molecule has 26 heavy (non-hydrogen) atoms. The Labute approximate surface area is 152 Å². The third kappa shape index (κ3) is 3.79. The number of likely N-dealkylation sites (tertiary alicyclic amines) is 1. The second-order valence-electron chi connectivity index (χ2n) is 7.33. The number of carbonyl (C=O) groups is 1. The lowest BCUT2D eigenvalue weighted by atomic mass is 9.93. The van der Waals surface area contributed by atoms with Gasteiger partial charge in [0.25, 0.3) is 5.92 Å². The Kier molecular flexibility index (Phi) is 5.12. The van der Waals surface area contributed by atoms with E-state index in [-0.39, 0.29) is 37.8 Å². The summed E-state index contributed by atoms with van der Waals surface area (Å²) in [6, 6.07) is 4.12. The zero-order chi connectivity index (χ0) is 18.9. The van der Waals surface area contributed by atoms with Gasteiger partial charge >= 0.3 is 0 Å². The minimum atomic E-state index is -2.64. The van der Waals surface area contributed by atoms with Gasteiger partial charge in [0.15, 0.2) is 0 Å². The van der Waals surface area contributed by atoms with E-state index in [2.05, 4.69) is 16.0 Å². The van der Waals surface area contributed by atoms with Gasteiger partial charge in [-0.2, -0.15) is 5.26 Å². The Balaban J connectivity index is 1.63. The van der Waals surface area contributed by atoms with Crippen molar-refractivity contribution in [2.24, 2.45) is 5.92 Å². The van der Waals surface area contributed by atoms with Crippen LogP contribution in [0.3, 0.4) is 0 Å². The van der Waals surface area contributed by atoms with Crippen molar-refractivity contribution >= 4 is 11.7 Å². The van der Waals surface area contributed by atoms with Crippen LogP contribution in [0.2, 0.25) is 0 Å². The average Bonchev–Trinajstić information content (AvgIpc) is 2.61. The molecule has 0 unspecified atom stereocenters. The number of carbonyl (C=O) groups excluding carboxylic acids is 1. The molecule has 2 aliphatic rings. The number of amides is 1. The van der Waals surface area contributed by atoms with Crippen LogP contribution in [0, 0.1) is 31.1 Å². The highest BCUT2D eigenvalue weighted by atomic mass is 19.3. The third-order valence-electron chi connectivity index (χ3n) is 5.39. The molecule has 0 saturated carbocycles. The van der Waals surface area contributed by atoms with Crippen molar-refractivity contribution in [2.75, 3.05) is 31.1 Å². The summed E-state index contributed by atoms with van der Waals surface area (Å²) in [4.78, 5) is 20.8. The highest BCUT2D eigenvalue weighted by Crippen LogP contribution is 2.31. The normalized spacial score (nSPS) is 20.7. The van der Waals surface area contributed by atoms with Gasteiger partial charge in [-0.15, -0.1) is 0 Å². The number of rotatable bonds is 2. The monoisotopic (exact) mass is 362 g/mol. The van der Waals surface area contributed by atoms with E-state index < -0.39 is 5.92 Å².